The van der Waals surface area contributed by atoms with Crippen LogP contribution in [0.2, 0.25) is 0 Å². The van der Waals surface area contributed by atoms with Gasteiger partial charge in [-0.1, -0.05) is 144 Å². The van der Waals surface area contributed by atoms with Crippen LogP contribution < -0.4 is 0 Å². The van der Waals surface area contributed by atoms with E-state index in [-0.39, 0.29) is 0 Å². The fourth-order valence-corrected chi connectivity index (χ4v) is 20.5. The van der Waals surface area contributed by atoms with Crippen molar-refractivity contribution in [1.82, 2.24) is 9.80 Å². The van der Waals surface area contributed by atoms with Gasteiger partial charge in [-0.25, -0.2) is 0 Å². The van der Waals surface area contributed by atoms with Gasteiger partial charge in [0.2, 0.25) is 0 Å². The van der Waals surface area contributed by atoms with Crippen LogP contribution in [0.3, 0.4) is 0 Å². The Morgan fingerprint density at radius 2 is 1.18 bits per heavy atom. The lowest BCUT2D eigenvalue weighted by atomic mass is 9.59. The molecule has 3 saturated carbocycles. The predicted molar refractivity (Wildman–Crippen MR) is 339 cm³/mol. The van der Waals surface area contributed by atoms with Gasteiger partial charge in [-0.15, -0.1) is 0 Å². The van der Waals surface area contributed by atoms with Crippen LogP contribution >= 0.6 is 0 Å². The van der Waals surface area contributed by atoms with E-state index in [4.69, 9.17) is 0 Å². The van der Waals surface area contributed by atoms with E-state index in [0.29, 0.717) is 35.0 Å². The van der Waals surface area contributed by atoms with E-state index in [1.807, 2.05) is 11.1 Å². The predicted octanol–water partition coefficient (Wildman–Crippen LogP) is 21.4. The molecule has 11 rings (SSSR count). The molecule has 0 aromatic heterocycles. The Hall–Kier alpha value is -2.58. The van der Waals surface area contributed by atoms with E-state index in [2.05, 4.69) is 142 Å². The van der Waals surface area contributed by atoms with E-state index in [1.54, 1.807) is 5.70 Å². The third kappa shape index (κ3) is 14.3. The molecular formula is C77H118N2. The first-order valence-electron chi connectivity index (χ1n) is 35.0. The van der Waals surface area contributed by atoms with Gasteiger partial charge in [0, 0.05) is 35.9 Å². The number of hydrogen-bond donors (Lipinski definition) is 0. The molecule has 13 unspecified atom stereocenters. The fourth-order valence-electron chi connectivity index (χ4n) is 20.5. The van der Waals surface area contributed by atoms with E-state index in [0.717, 1.165) is 77.1 Å². The van der Waals surface area contributed by atoms with Crippen LogP contribution in [-0.2, 0) is 0 Å². The van der Waals surface area contributed by atoms with Crippen molar-refractivity contribution in [2.24, 2.45) is 81.8 Å². The lowest BCUT2D eigenvalue weighted by molar-refractivity contribution is -0.0135. The number of hydrogen-bond acceptors (Lipinski definition) is 2. The SMILES string of the molecule is CC(C)(C)C1CC(N(C2C=CCCC2)C2CC=CCC2)=CCC1C1CCC(C2=CCC(CCC(C3C=CCCC3)C3CCC(C4=CCC(C5CCC(N(C6C=CC=CC6)C6CC=CCC6)CC5C(C)(C)C)CC4)CC3)CC2)CC1. The molecule has 0 spiro atoms. The maximum Gasteiger partial charge on any atom is 0.0473 e. The van der Waals surface area contributed by atoms with Crippen molar-refractivity contribution < 1.29 is 0 Å². The summed E-state index contributed by atoms with van der Waals surface area (Å²) in [5.74, 6) is 10.5. The van der Waals surface area contributed by atoms with Gasteiger partial charge in [0.25, 0.3) is 0 Å². The van der Waals surface area contributed by atoms with Gasteiger partial charge in [-0.2, -0.15) is 0 Å². The second-order valence-corrected chi connectivity index (χ2v) is 31.4. The largest absolute Gasteiger partial charge is 0.365 e. The highest BCUT2D eigenvalue weighted by Gasteiger charge is 2.46. The summed E-state index contributed by atoms with van der Waals surface area (Å²) < 4.78 is 0. The Morgan fingerprint density at radius 1 is 0.481 bits per heavy atom. The summed E-state index contributed by atoms with van der Waals surface area (Å²) in [6.45, 7) is 15.5. The Morgan fingerprint density at radius 3 is 1.78 bits per heavy atom. The van der Waals surface area contributed by atoms with E-state index in [9.17, 15) is 0 Å². The zero-order chi connectivity index (χ0) is 54.3. The van der Waals surface area contributed by atoms with Crippen molar-refractivity contribution in [3.05, 3.63) is 108 Å². The molecule has 0 bridgehead atoms. The molecule has 0 saturated heterocycles. The standard InChI is InChI=1S/C77H118N2/c1-76(2,3)74-54-69(78(65-24-14-8-15-25-65)66-26-16-9-17-27-66)49-52-72(74)63-45-39-58(40-46-63)57-35-32-56(33-36-57)34-51-71(61-22-12-7-13-23-61)62-43-37-59(38-44-62)60-41-47-64(48-42-60)73-53-50-70(55-75(73)77(4,5)6)79(67-28-18-10-19-29-67)68-30-20-11-21-31-68/h8,10-12,14,16,18-20,22,26,28,35,41,49,56,58-59,61-68,70-75H,7,9,13,15,17,21,23-25,27,29-34,36-40,42-48,50-55H2,1-6H3. The molecule has 0 aromatic carbocycles. The van der Waals surface area contributed by atoms with Crippen LogP contribution in [0.5, 0.6) is 0 Å². The smallest absolute Gasteiger partial charge is 0.0473 e. The molecule has 0 heterocycles. The Kier molecular flexibility index (Phi) is 19.9. The molecule has 0 aliphatic heterocycles. The van der Waals surface area contributed by atoms with Crippen LogP contribution in [0, 0.1) is 81.8 Å². The molecule has 11 aliphatic carbocycles. The highest BCUT2D eigenvalue weighted by molar-refractivity contribution is 5.20. The maximum absolute atomic E-state index is 3.05. The summed E-state index contributed by atoms with van der Waals surface area (Å²) in [6, 6.07) is 3.33. The van der Waals surface area contributed by atoms with E-state index >= 15 is 0 Å². The summed E-state index contributed by atoms with van der Waals surface area (Å²) in [7, 11) is 0. The van der Waals surface area contributed by atoms with Gasteiger partial charge in [0.05, 0.1) is 0 Å². The van der Waals surface area contributed by atoms with Crippen molar-refractivity contribution in [3.63, 3.8) is 0 Å². The zero-order valence-corrected chi connectivity index (χ0v) is 51.9. The second kappa shape index (κ2) is 27.0. The summed E-state index contributed by atoms with van der Waals surface area (Å²) in [5.41, 5.74) is 6.22. The third-order valence-corrected chi connectivity index (χ3v) is 24.9. The zero-order valence-electron chi connectivity index (χ0n) is 51.9. The molecule has 436 valence electrons. The molecule has 3 fully saturated rings. The van der Waals surface area contributed by atoms with Gasteiger partial charge in [0.15, 0.2) is 0 Å². The van der Waals surface area contributed by atoms with Crippen LogP contribution in [0.15, 0.2) is 108 Å². The number of allylic oxidation sites excluding steroid dienone is 13. The Labute approximate surface area is 487 Å². The molecule has 79 heavy (non-hydrogen) atoms. The summed E-state index contributed by atoms with van der Waals surface area (Å²) in [6.07, 6.45) is 85.5. The maximum atomic E-state index is 3.05. The topological polar surface area (TPSA) is 6.48 Å². The number of nitrogens with zero attached hydrogens (tertiary/aromatic N) is 2. The third-order valence-electron chi connectivity index (χ3n) is 24.9. The molecular weight excluding hydrogens is 953 g/mol. The van der Waals surface area contributed by atoms with Crippen LogP contribution in [0.1, 0.15) is 260 Å². The first-order valence-corrected chi connectivity index (χ1v) is 35.0. The monoisotopic (exact) mass is 1070 g/mol. The lowest BCUT2D eigenvalue weighted by Gasteiger charge is -2.52. The van der Waals surface area contributed by atoms with Crippen molar-refractivity contribution in [1.29, 1.82) is 0 Å². The van der Waals surface area contributed by atoms with Crippen LogP contribution in [0.25, 0.3) is 0 Å². The fraction of sp³-hybridized carbons (Fsp3) is 0.766. The Bertz CT molecular complexity index is 2230. The molecule has 2 heteroatoms. The van der Waals surface area contributed by atoms with E-state index in [1.165, 1.54) is 218 Å². The van der Waals surface area contributed by atoms with Gasteiger partial charge >= 0.3 is 0 Å². The molecule has 0 aromatic rings. The average molecular weight is 1070 g/mol. The average Bonchev–Trinajstić information content (AvgIpc) is 3.49. The van der Waals surface area contributed by atoms with Crippen molar-refractivity contribution in [2.45, 2.75) is 290 Å². The van der Waals surface area contributed by atoms with Crippen LogP contribution in [-0.4, -0.2) is 40.0 Å². The normalized spacial score (nSPS) is 39.0. The lowest BCUT2D eigenvalue weighted by Crippen LogP contribution is -2.53. The van der Waals surface area contributed by atoms with Crippen LogP contribution in [0.4, 0.5) is 0 Å². The molecule has 2 nitrogen and oxygen atoms in total. The van der Waals surface area contributed by atoms with Gasteiger partial charge in [-0.3, -0.25) is 4.90 Å². The Balaban J connectivity index is 0.654. The summed E-state index contributed by atoms with van der Waals surface area (Å²) in [5, 5.41) is 0. The van der Waals surface area contributed by atoms with Crippen molar-refractivity contribution in [3.8, 4) is 0 Å². The first-order chi connectivity index (χ1) is 38.4. The molecule has 0 amide bonds. The number of rotatable bonds is 15. The van der Waals surface area contributed by atoms with Crippen molar-refractivity contribution >= 4 is 0 Å². The second-order valence-electron chi connectivity index (χ2n) is 31.4. The summed E-state index contributed by atoms with van der Waals surface area (Å²) >= 11 is 0. The van der Waals surface area contributed by atoms with Gasteiger partial charge in [-0.05, 0) is 300 Å². The molecule has 13 atom stereocenters. The van der Waals surface area contributed by atoms with Gasteiger partial charge < -0.3 is 4.90 Å². The minimum atomic E-state index is 0.350. The highest BCUT2D eigenvalue weighted by Crippen LogP contribution is 2.54. The van der Waals surface area contributed by atoms with Crippen molar-refractivity contribution in [2.75, 3.05) is 0 Å². The quantitative estimate of drug-likeness (QED) is 0.151. The minimum absolute atomic E-state index is 0.350. The minimum Gasteiger partial charge on any atom is -0.365 e. The molecule has 11 aliphatic rings. The highest BCUT2D eigenvalue weighted by atomic mass is 15.2. The molecule has 0 N–H and O–H groups in total. The first kappa shape index (κ1) is 58.2. The molecule has 0 radical (unpaired) electrons. The van der Waals surface area contributed by atoms with Gasteiger partial charge in [0.1, 0.15) is 0 Å². The van der Waals surface area contributed by atoms with E-state index < -0.39 is 0 Å². The summed E-state index contributed by atoms with van der Waals surface area (Å²) in [4.78, 5) is 6.02.